The molecule has 0 radical (unpaired) electrons. The van der Waals surface area contributed by atoms with Crippen LogP contribution in [-0.2, 0) is 9.53 Å². The third-order valence-corrected chi connectivity index (χ3v) is 3.81. The van der Waals surface area contributed by atoms with Crippen LogP contribution in [0.4, 0.5) is 0 Å². The number of carbonyl (C=O) groups excluding carboxylic acids is 1. The molecule has 0 aromatic carbocycles. The highest BCUT2D eigenvalue weighted by Gasteiger charge is 2.35. The number of rotatable bonds is 14. The summed E-state index contributed by atoms with van der Waals surface area (Å²) in [6.07, 6.45) is -2.38. The molecule has 5 atom stereocenters. The lowest BCUT2D eigenvalue weighted by Crippen LogP contribution is -2.50. The number of aliphatic hydroxyl groups excluding tert-OH is 6. The van der Waals surface area contributed by atoms with E-state index in [1.165, 1.54) is 19.3 Å². The fourth-order valence-corrected chi connectivity index (χ4v) is 2.20. The minimum Gasteiger partial charge on any atom is -0.433 e. The molecule has 0 saturated heterocycles. The lowest BCUT2D eigenvalue weighted by atomic mass is 10.0. The highest BCUT2D eigenvalue weighted by molar-refractivity contribution is 5.69. The van der Waals surface area contributed by atoms with Gasteiger partial charge in [-0.1, -0.05) is 45.4 Å². The second-order valence-electron chi connectivity index (χ2n) is 5.97. The highest BCUT2D eigenvalue weighted by atomic mass is 16.6. The molecule has 0 saturated carbocycles. The summed E-state index contributed by atoms with van der Waals surface area (Å²) in [5.41, 5.74) is 0. The van der Waals surface area contributed by atoms with E-state index in [0.717, 1.165) is 19.3 Å². The number of ether oxygens (including phenoxy) is 1. The molecule has 6 N–H and O–H groups in total. The van der Waals surface area contributed by atoms with Crippen molar-refractivity contribution in [2.75, 3.05) is 6.61 Å². The van der Waals surface area contributed by atoms with Gasteiger partial charge in [-0.15, -0.1) is 0 Å². The maximum Gasteiger partial charge on any atom is 0.308 e. The zero-order valence-corrected chi connectivity index (χ0v) is 14.3. The van der Waals surface area contributed by atoms with Gasteiger partial charge in [0.05, 0.1) is 6.61 Å². The van der Waals surface area contributed by atoms with Crippen LogP contribution in [0.25, 0.3) is 0 Å². The van der Waals surface area contributed by atoms with Crippen LogP contribution >= 0.6 is 0 Å². The molecule has 0 spiro atoms. The Bertz CT molecular complexity index is 325. The molecule has 1 unspecified atom stereocenters. The van der Waals surface area contributed by atoms with Crippen LogP contribution in [-0.4, -0.2) is 73.9 Å². The SMILES string of the molecule is CCCCCCCCCC(=O)OC(O)[C@H](O)[C@H](O)[C@H](O)[C@H](O)CO. The first-order chi connectivity index (χ1) is 11.3. The summed E-state index contributed by atoms with van der Waals surface area (Å²) in [6.45, 7) is 1.30. The molecule has 0 aliphatic heterocycles. The van der Waals surface area contributed by atoms with Crippen molar-refractivity contribution in [2.45, 2.75) is 89.0 Å². The molecule has 0 bridgehead atoms. The first-order valence-corrected chi connectivity index (χ1v) is 8.55. The minimum atomic E-state index is -2.03. The van der Waals surface area contributed by atoms with Gasteiger partial charge >= 0.3 is 5.97 Å². The molecule has 0 heterocycles. The van der Waals surface area contributed by atoms with Gasteiger partial charge in [0, 0.05) is 6.42 Å². The summed E-state index contributed by atoms with van der Waals surface area (Å²) in [5.74, 6) is -0.723. The maximum atomic E-state index is 11.5. The average Bonchev–Trinajstić information content (AvgIpc) is 2.58. The van der Waals surface area contributed by atoms with Gasteiger partial charge in [-0.05, 0) is 6.42 Å². The molecule has 0 aliphatic carbocycles. The highest BCUT2D eigenvalue weighted by Crippen LogP contribution is 2.12. The summed E-state index contributed by atoms with van der Waals surface area (Å²) in [7, 11) is 0. The van der Waals surface area contributed by atoms with E-state index in [-0.39, 0.29) is 6.42 Å². The number of aliphatic hydroxyl groups is 6. The van der Waals surface area contributed by atoms with Gasteiger partial charge in [-0.2, -0.15) is 0 Å². The van der Waals surface area contributed by atoms with E-state index in [1.54, 1.807) is 0 Å². The normalized spacial score (nSPS) is 17.8. The Labute approximate surface area is 142 Å². The van der Waals surface area contributed by atoms with Crippen molar-refractivity contribution in [3.8, 4) is 0 Å². The van der Waals surface area contributed by atoms with E-state index in [0.29, 0.717) is 6.42 Å². The van der Waals surface area contributed by atoms with Crippen molar-refractivity contribution >= 4 is 5.97 Å². The van der Waals surface area contributed by atoms with Crippen molar-refractivity contribution in [3.05, 3.63) is 0 Å². The molecule has 0 aliphatic rings. The van der Waals surface area contributed by atoms with Crippen LogP contribution in [0.15, 0.2) is 0 Å². The smallest absolute Gasteiger partial charge is 0.308 e. The Morgan fingerprint density at radius 1 is 0.833 bits per heavy atom. The Morgan fingerprint density at radius 2 is 1.38 bits per heavy atom. The van der Waals surface area contributed by atoms with Gasteiger partial charge in [-0.25, -0.2) is 0 Å². The van der Waals surface area contributed by atoms with Gasteiger partial charge in [0.25, 0.3) is 0 Å². The minimum absolute atomic E-state index is 0.0788. The van der Waals surface area contributed by atoms with Gasteiger partial charge in [0.15, 0.2) is 0 Å². The lowest BCUT2D eigenvalue weighted by Gasteiger charge is -2.28. The standard InChI is InChI=1S/C16H32O8/c1-2-3-4-5-6-7-8-9-12(19)24-16(23)15(22)14(21)13(20)11(18)10-17/h11,13-18,20-23H,2-10H2,1H3/t11-,13-,14-,15-,16?/m1/s1. The molecule has 8 heteroatoms. The van der Waals surface area contributed by atoms with E-state index >= 15 is 0 Å². The van der Waals surface area contributed by atoms with Crippen LogP contribution in [0.1, 0.15) is 58.3 Å². The summed E-state index contributed by atoms with van der Waals surface area (Å²) in [6, 6.07) is 0. The number of esters is 1. The average molecular weight is 352 g/mol. The molecule has 0 aromatic heterocycles. The second-order valence-corrected chi connectivity index (χ2v) is 5.97. The van der Waals surface area contributed by atoms with Crippen molar-refractivity contribution in [3.63, 3.8) is 0 Å². The summed E-state index contributed by atoms with van der Waals surface area (Å²) >= 11 is 0. The fourth-order valence-electron chi connectivity index (χ4n) is 2.20. The number of hydrogen-bond acceptors (Lipinski definition) is 8. The summed E-state index contributed by atoms with van der Waals surface area (Å²) in [5, 5.41) is 56.0. The predicted octanol–water partition coefficient (Wildman–Crippen LogP) is -0.575. The molecule has 144 valence electrons. The largest absolute Gasteiger partial charge is 0.433 e. The monoisotopic (exact) mass is 352 g/mol. The third-order valence-electron chi connectivity index (χ3n) is 3.81. The lowest BCUT2D eigenvalue weighted by molar-refractivity contribution is -0.213. The van der Waals surface area contributed by atoms with E-state index < -0.39 is 43.3 Å². The number of hydrogen-bond donors (Lipinski definition) is 6. The third kappa shape index (κ3) is 9.51. The van der Waals surface area contributed by atoms with E-state index in [1.807, 2.05) is 0 Å². The Kier molecular flexibility index (Phi) is 13.1. The molecule has 8 nitrogen and oxygen atoms in total. The second kappa shape index (κ2) is 13.5. The van der Waals surface area contributed by atoms with Crippen LogP contribution in [0.2, 0.25) is 0 Å². The number of unbranched alkanes of at least 4 members (excludes halogenated alkanes) is 6. The quantitative estimate of drug-likeness (QED) is 0.138. The topological polar surface area (TPSA) is 148 Å². The van der Waals surface area contributed by atoms with Gasteiger partial charge in [0.1, 0.15) is 24.4 Å². The summed E-state index contributed by atoms with van der Waals surface area (Å²) in [4.78, 5) is 11.5. The van der Waals surface area contributed by atoms with Crippen LogP contribution in [0.5, 0.6) is 0 Å². The Hall–Kier alpha value is -0.770. The van der Waals surface area contributed by atoms with Crippen LogP contribution < -0.4 is 0 Å². The molecule has 0 fully saturated rings. The van der Waals surface area contributed by atoms with Crippen molar-refractivity contribution in [2.24, 2.45) is 0 Å². The fraction of sp³-hybridized carbons (Fsp3) is 0.938. The Balaban J connectivity index is 3.99. The zero-order chi connectivity index (χ0) is 18.5. The van der Waals surface area contributed by atoms with E-state index in [9.17, 15) is 25.2 Å². The van der Waals surface area contributed by atoms with Crippen molar-refractivity contribution in [1.82, 2.24) is 0 Å². The molecule has 0 aromatic rings. The molecule has 24 heavy (non-hydrogen) atoms. The predicted molar refractivity (Wildman–Crippen MR) is 85.8 cm³/mol. The molecular formula is C16H32O8. The number of carbonyl (C=O) groups is 1. The molecular weight excluding hydrogens is 320 g/mol. The van der Waals surface area contributed by atoms with E-state index in [4.69, 9.17) is 10.2 Å². The Morgan fingerprint density at radius 3 is 1.92 bits per heavy atom. The zero-order valence-electron chi connectivity index (χ0n) is 14.3. The van der Waals surface area contributed by atoms with Gasteiger partial charge < -0.3 is 35.4 Å². The van der Waals surface area contributed by atoms with Crippen molar-refractivity contribution < 1.29 is 40.2 Å². The van der Waals surface area contributed by atoms with Gasteiger partial charge in [0.2, 0.25) is 6.29 Å². The van der Waals surface area contributed by atoms with Crippen molar-refractivity contribution in [1.29, 1.82) is 0 Å². The van der Waals surface area contributed by atoms with Gasteiger partial charge in [-0.3, -0.25) is 4.79 Å². The first kappa shape index (κ1) is 23.2. The first-order valence-electron chi connectivity index (χ1n) is 8.55. The summed E-state index contributed by atoms with van der Waals surface area (Å²) < 4.78 is 4.59. The molecule has 0 amide bonds. The van der Waals surface area contributed by atoms with Crippen LogP contribution in [0.3, 0.4) is 0 Å². The van der Waals surface area contributed by atoms with Crippen LogP contribution in [0, 0.1) is 0 Å². The maximum absolute atomic E-state index is 11.5. The van der Waals surface area contributed by atoms with E-state index in [2.05, 4.69) is 11.7 Å². The molecule has 0 rings (SSSR count).